The third kappa shape index (κ3) is 3.26. The van der Waals surface area contributed by atoms with Crippen LogP contribution in [0.4, 0.5) is 5.69 Å². The summed E-state index contributed by atoms with van der Waals surface area (Å²) in [6.45, 7) is 4.04. The average Bonchev–Trinajstić information content (AvgIpc) is 2.39. The van der Waals surface area contributed by atoms with Crippen molar-refractivity contribution in [3.05, 3.63) is 51.4 Å². The maximum atomic E-state index is 10.6. The number of nitrogens with zero attached hydrogens (tertiary/aromatic N) is 3. The molecule has 5 nitrogen and oxygen atoms in total. The summed E-state index contributed by atoms with van der Waals surface area (Å²) in [5, 5.41) is 11.8. The summed E-state index contributed by atoms with van der Waals surface area (Å²) in [6, 6.07) is 6.34. The van der Waals surface area contributed by atoms with E-state index in [9.17, 15) is 10.1 Å². The molecule has 20 heavy (non-hydrogen) atoms. The van der Waals surface area contributed by atoms with Crippen LogP contribution in [0.15, 0.2) is 40.5 Å². The van der Waals surface area contributed by atoms with E-state index < -0.39 is 4.92 Å². The van der Waals surface area contributed by atoms with Crippen molar-refractivity contribution in [3.63, 3.8) is 0 Å². The highest BCUT2D eigenvalue weighted by molar-refractivity contribution is 7.99. The second kappa shape index (κ2) is 6.19. The minimum absolute atomic E-state index is 0.0687. The predicted molar refractivity (Wildman–Crippen MR) is 78.4 cm³/mol. The number of rotatable bonds is 4. The molecule has 0 amide bonds. The molecule has 0 spiro atoms. The fourth-order valence-electron chi connectivity index (χ4n) is 1.67. The molecule has 0 saturated carbocycles. The van der Waals surface area contributed by atoms with Crippen LogP contribution in [-0.4, -0.2) is 14.9 Å². The molecule has 0 fully saturated rings. The zero-order chi connectivity index (χ0) is 14.7. The number of nitro groups is 1. The van der Waals surface area contributed by atoms with E-state index in [2.05, 4.69) is 9.97 Å². The summed E-state index contributed by atoms with van der Waals surface area (Å²) in [5.41, 5.74) is 0.955. The molecule has 2 aromatic rings. The Bertz CT molecular complexity index is 632. The Morgan fingerprint density at radius 3 is 2.45 bits per heavy atom. The lowest BCUT2D eigenvalue weighted by atomic mass is 10.1. The minimum atomic E-state index is -0.421. The molecule has 0 aliphatic carbocycles. The van der Waals surface area contributed by atoms with Crippen LogP contribution in [0.3, 0.4) is 0 Å². The van der Waals surface area contributed by atoms with Crippen molar-refractivity contribution in [3.8, 4) is 0 Å². The summed E-state index contributed by atoms with van der Waals surface area (Å²) in [7, 11) is 0. The van der Waals surface area contributed by atoms with Crippen LogP contribution >= 0.6 is 23.4 Å². The number of benzene rings is 1. The summed E-state index contributed by atoms with van der Waals surface area (Å²) in [4.78, 5) is 19.3. The number of hydrogen-bond acceptors (Lipinski definition) is 5. The van der Waals surface area contributed by atoms with Crippen LogP contribution in [0, 0.1) is 10.1 Å². The summed E-state index contributed by atoms with van der Waals surface area (Å²) >= 11 is 7.52. The lowest BCUT2D eigenvalue weighted by Gasteiger charge is -2.11. The maximum Gasteiger partial charge on any atom is 0.269 e. The first-order valence-corrected chi connectivity index (χ1v) is 7.11. The van der Waals surface area contributed by atoms with Crippen LogP contribution in [0.1, 0.15) is 25.3 Å². The van der Waals surface area contributed by atoms with Crippen LogP contribution < -0.4 is 0 Å². The normalized spacial score (nSPS) is 10.8. The molecule has 1 heterocycles. The SMILES string of the molecule is CC(C)c1c(Cl)ncnc1Sc1ccc([N+](=O)[O-])cc1. The quantitative estimate of drug-likeness (QED) is 0.478. The Morgan fingerprint density at radius 2 is 1.90 bits per heavy atom. The number of nitro benzene ring substituents is 1. The molecule has 104 valence electrons. The molecule has 0 saturated heterocycles. The lowest BCUT2D eigenvalue weighted by molar-refractivity contribution is -0.384. The first-order valence-electron chi connectivity index (χ1n) is 5.91. The third-order valence-corrected chi connectivity index (χ3v) is 3.97. The molecule has 0 aliphatic rings. The van der Waals surface area contributed by atoms with Crippen molar-refractivity contribution in [1.29, 1.82) is 0 Å². The molecule has 0 atom stereocenters. The molecule has 2 rings (SSSR count). The highest BCUT2D eigenvalue weighted by atomic mass is 35.5. The molecule has 0 bridgehead atoms. The van der Waals surface area contributed by atoms with E-state index in [4.69, 9.17) is 11.6 Å². The molecule has 0 N–H and O–H groups in total. The van der Waals surface area contributed by atoms with E-state index >= 15 is 0 Å². The molecule has 0 aliphatic heterocycles. The zero-order valence-electron chi connectivity index (χ0n) is 10.9. The van der Waals surface area contributed by atoms with Crippen molar-refractivity contribution in [2.45, 2.75) is 29.7 Å². The van der Waals surface area contributed by atoms with E-state index in [0.717, 1.165) is 15.5 Å². The fourth-order valence-corrected chi connectivity index (χ4v) is 3.12. The van der Waals surface area contributed by atoms with Crippen molar-refractivity contribution >= 4 is 29.1 Å². The van der Waals surface area contributed by atoms with Gasteiger partial charge in [-0.1, -0.05) is 37.2 Å². The Kier molecular flexibility index (Phi) is 4.57. The average molecular weight is 310 g/mol. The Hall–Kier alpha value is -1.66. The summed E-state index contributed by atoms with van der Waals surface area (Å²) < 4.78 is 0. The van der Waals surface area contributed by atoms with E-state index in [-0.39, 0.29) is 11.6 Å². The molecule has 1 aromatic heterocycles. The first kappa shape index (κ1) is 14.7. The van der Waals surface area contributed by atoms with Crippen LogP contribution in [0.25, 0.3) is 0 Å². The van der Waals surface area contributed by atoms with Gasteiger partial charge in [-0.25, -0.2) is 9.97 Å². The van der Waals surface area contributed by atoms with Crippen LogP contribution in [-0.2, 0) is 0 Å². The molecule has 1 aromatic carbocycles. The van der Waals surface area contributed by atoms with Gasteiger partial charge in [0.05, 0.1) is 4.92 Å². The highest BCUT2D eigenvalue weighted by Crippen LogP contribution is 2.35. The largest absolute Gasteiger partial charge is 0.269 e. The second-order valence-electron chi connectivity index (χ2n) is 4.39. The summed E-state index contributed by atoms with van der Waals surface area (Å²) in [6.07, 6.45) is 1.42. The van der Waals surface area contributed by atoms with Crippen molar-refractivity contribution in [2.75, 3.05) is 0 Å². The van der Waals surface area contributed by atoms with E-state index in [1.54, 1.807) is 12.1 Å². The van der Waals surface area contributed by atoms with Gasteiger partial charge in [-0.15, -0.1) is 0 Å². The van der Waals surface area contributed by atoms with Gasteiger partial charge in [-0.2, -0.15) is 0 Å². The van der Waals surface area contributed by atoms with Gasteiger partial charge >= 0.3 is 0 Å². The Labute approximate surface area is 125 Å². The van der Waals surface area contributed by atoms with Gasteiger partial charge in [0.15, 0.2) is 0 Å². The lowest BCUT2D eigenvalue weighted by Crippen LogP contribution is -1.97. The monoisotopic (exact) mass is 309 g/mol. The molecule has 0 unspecified atom stereocenters. The van der Waals surface area contributed by atoms with E-state index in [1.807, 2.05) is 13.8 Å². The molecular weight excluding hydrogens is 298 g/mol. The van der Waals surface area contributed by atoms with Crippen molar-refractivity contribution < 1.29 is 4.92 Å². The van der Waals surface area contributed by atoms with E-state index in [0.29, 0.717) is 5.15 Å². The van der Waals surface area contributed by atoms with E-state index in [1.165, 1.54) is 30.2 Å². The van der Waals surface area contributed by atoms with Gasteiger partial charge in [-0.05, 0) is 18.1 Å². The number of non-ortho nitro benzene ring substituents is 1. The standard InChI is InChI=1S/C13H12ClN3O2S/c1-8(2)11-12(14)15-7-16-13(11)20-10-5-3-9(4-6-10)17(18)19/h3-8H,1-2H3. The molecule has 7 heteroatoms. The number of aromatic nitrogens is 2. The third-order valence-electron chi connectivity index (χ3n) is 2.64. The van der Waals surface area contributed by atoms with Gasteiger partial charge < -0.3 is 0 Å². The fraction of sp³-hybridized carbons (Fsp3) is 0.231. The summed E-state index contributed by atoms with van der Waals surface area (Å²) in [5.74, 6) is 0.198. The van der Waals surface area contributed by atoms with Gasteiger partial charge in [0.25, 0.3) is 5.69 Å². The van der Waals surface area contributed by atoms with Crippen LogP contribution in [0.5, 0.6) is 0 Å². The highest BCUT2D eigenvalue weighted by Gasteiger charge is 2.15. The smallest absolute Gasteiger partial charge is 0.258 e. The van der Waals surface area contributed by atoms with Gasteiger partial charge in [0.2, 0.25) is 0 Å². The van der Waals surface area contributed by atoms with Gasteiger partial charge in [-0.3, -0.25) is 10.1 Å². The zero-order valence-corrected chi connectivity index (χ0v) is 12.5. The molecular formula is C13H12ClN3O2S. The Morgan fingerprint density at radius 1 is 1.25 bits per heavy atom. The first-order chi connectivity index (χ1) is 9.49. The number of halogens is 1. The Balaban J connectivity index is 2.30. The minimum Gasteiger partial charge on any atom is -0.258 e. The topological polar surface area (TPSA) is 68.9 Å². The maximum absolute atomic E-state index is 10.6. The number of hydrogen-bond donors (Lipinski definition) is 0. The van der Waals surface area contributed by atoms with Crippen LogP contribution in [0.2, 0.25) is 5.15 Å². The second-order valence-corrected chi connectivity index (χ2v) is 5.81. The molecule has 0 radical (unpaired) electrons. The van der Waals surface area contributed by atoms with Crippen molar-refractivity contribution in [1.82, 2.24) is 9.97 Å². The van der Waals surface area contributed by atoms with Gasteiger partial charge in [0.1, 0.15) is 16.5 Å². The van der Waals surface area contributed by atoms with Gasteiger partial charge in [0, 0.05) is 22.6 Å². The predicted octanol–water partition coefficient (Wildman–Crippen LogP) is 4.31. The van der Waals surface area contributed by atoms with Crippen molar-refractivity contribution in [2.24, 2.45) is 0 Å².